The normalized spacial score (nSPS) is 33.0. The number of piperazine rings is 1. The Morgan fingerprint density at radius 2 is 2.07 bits per heavy atom. The van der Waals surface area contributed by atoms with Gasteiger partial charge in [-0.1, -0.05) is 12.8 Å². The van der Waals surface area contributed by atoms with E-state index in [1.165, 1.54) is 51.9 Å². The summed E-state index contributed by atoms with van der Waals surface area (Å²) in [6.45, 7) is 4.88. The van der Waals surface area contributed by atoms with Crippen LogP contribution in [0, 0.1) is 0 Å². The predicted octanol–water partition coefficient (Wildman–Crippen LogP) is 0.764. The zero-order valence-electron chi connectivity index (χ0n) is 10.2. The summed E-state index contributed by atoms with van der Waals surface area (Å²) in [5.41, 5.74) is 0. The van der Waals surface area contributed by atoms with Crippen molar-refractivity contribution in [2.45, 2.75) is 37.8 Å². The maximum Gasteiger partial charge on any atom is 0.0250 e. The van der Waals surface area contributed by atoms with Crippen LogP contribution in [0.3, 0.4) is 0 Å². The summed E-state index contributed by atoms with van der Waals surface area (Å²) < 4.78 is 0. The van der Waals surface area contributed by atoms with Crippen LogP contribution in [0.2, 0.25) is 0 Å². The molecule has 3 nitrogen and oxygen atoms in total. The summed E-state index contributed by atoms with van der Waals surface area (Å²) in [4.78, 5) is 5.00. The molecule has 0 aromatic carbocycles. The van der Waals surface area contributed by atoms with Gasteiger partial charge in [0, 0.05) is 38.3 Å². The van der Waals surface area contributed by atoms with Crippen LogP contribution in [-0.2, 0) is 0 Å². The second-order valence-electron chi connectivity index (χ2n) is 5.25. The minimum atomic E-state index is 0.787. The molecule has 0 spiro atoms. The lowest BCUT2D eigenvalue weighted by Crippen LogP contribution is -2.59. The van der Waals surface area contributed by atoms with Crippen LogP contribution in [-0.4, -0.2) is 62.2 Å². The number of likely N-dealkylation sites (N-methyl/N-ethyl adjacent to an activating group) is 1. The van der Waals surface area contributed by atoms with Gasteiger partial charge in [-0.25, -0.2) is 0 Å². The fourth-order valence-corrected chi connectivity index (χ4v) is 2.95. The molecule has 1 saturated carbocycles. The minimum Gasteiger partial charge on any atom is -0.311 e. The second-order valence-corrected chi connectivity index (χ2v) is 5.25. The highest BCUT2D eigenvalue weighted by Crippen LogP contribution is 2.25. The van der Waals surface area contributed by atoms with Gasteiger partial charge in [0.2, 0.25) is 0 Å². The first-order valence-electron chi connectivity index (χ1n) is 6.39. The van der Waals surface area contributed by atoms with Crippen LogP contribution in [0.4, 0.5) is 0 Å². The first-order valence-corrected chi connectivity index (χ1v) is 6.39. The fourth-order valence-electron chi connectivity index (χ4n) is 2.95. The molecule has 0 aromatic rings. The van der Waals surface area contributed by atoms with Crippen molar-refractivity contribution in [1.29, 1.82) is 0 Å². The molecular weight excluding hydrogens is 186 g/mol. The monoisotopic (exact) mass is 211 g/mol. The largest absolute Gasteiger partial charge is 0.311 e. The van der Waals surface area contributed by atoms with E-state index in [9.17, 15) is 0 Å². The predicted molar refractivity (Wildman–Crippen MR) is 64.2 cm³/mol. The lowest BCUT2D eigenvalue weighted by molar-refractivity contribution is 0.0819. The topological polar surface area (TPSA) is 18.5 Å². The van der Waals surface area contributed by atoms with Gasteiger partial charge in [-0.15, -0.1) is 0 Å². The molecule has 1 aliphatic heterocycles. The highest BCUT2D eigenvalue weighted by Gasteiger charge is 2.32. The molecule has 0 unspecified atom stereocenters. The van der Waals surface area contributed by atoms with Gasteiger partial charge in [0.1, 0.15) is 0 Å². The van der Waals surface area contributed by atoms with Crippen molar-refractivity contribution >= 4 is 0 Å². The average molecular weight is 211 g/mol. The molecule has 0 bridgehead atoms. The third-order valence-electron chi connectivity index (χ3n) is 3.84. The van der Waals surface area contributed by atoms with Crippen molar-refractivity contribution in [2.24, 2.45) is 0 Å². The maximum atomic E-state index is 3.68. The van der Waals surface area contributed by atoms with Crippen LogP contribution < -0.4 is 5.32 Å². The average Bonchev–Trinajstić information content (AvgIpc) is 2.26. The van der Waals surface area contributed by atoms with E-state index < -0.39 is 0 Å². The van der Waals surface area contributed by atoms with Gasteiger partial charge in [0.05, 0.1) is 0 Å². The molecule has 1 heterocycles. The van der Waals surface area contributed by atoms with Gasteiger partial charge in [0.15, 0.2) is 0 Å². The Balaban J connectivity index is 1.86. The summed E-state index contributed by atoms with van der Waals surface area (Å²) in [6.07, 6.45) is 5.66. The first kappa shape index (κ1) is 11.4. The van der Waals surface area contributed by atoms with E-state index in [1.54, 1.807) is 0 Å². The van der Waals surface area contributed by atoms with E-state index in [0.717, 1.165) is 12.1 Å². The summed E-state index contributed by atoms with van der Waals surface area (Å²) in [6, 6.07) is 1.61. The van der Waals surface area contributed by atoms with Crippen LogP contribution in [0.5, 0.6) is 0 Å². The molecule has 0 aromatic heterocycles. The van der Waals surface area contributed by atoms with E-state index in [4.69, 9.17) is 0 Å². The number of hydrogen-bond acceptors (Lipinski definition) is 3. The van der Waals surface area contributed by atoms with Gasteiger partial charge in [-0.2, -0.15) is 0 Å². The van der Waals surface area contributed by atoms with Gasteiger partial charge in [-0.05, 0) is 26.9 Å². The molecule has 2 fully saturated rings. The lowest BCUT2D eigenvalue weighted by atomic mass is 9.87. The van der Waals surface area contributed by atoms with E-state index >= 15 is 0 Å². The maximum absolute atomic E-state index is 3.68. The van der Waals surface area contributed by atoms with E-state index in [2.05, 4.69) is 29.2 Å². The van der Waals surface area contributed by atoms with Crippen LogP contribution in [0.25, 0.3) is 0 Å². The molecule has 1 N–H and O–H groups in total. The standard InChI is InChI=1S/C12H25N3/c1-14(2)9-10-15-8-7-13-11-5-3-4-6-12(11)15/h11-13H,3-10H2,1-2H3/t11-,12+/m1/s1. The molecule has 3 heteroatoms. The Morgan fingerprint density at radius 1 is 1.27 bits per heavy atom. The molecule has 88 valence electrons. The van der Waals surface area contributed by atoms with Crippen molar-refractivity contribution in [3.63, 3.8) is 0 Å². The van der Waals surface area contributed by atoms with E-state index in [0.29, 0.717) is 0 Å². The Labute approximate surface area is 93.8 Å². The zero-order valence-corrected chi connectivity index (χ0v) is 10.2. The van der Waals surface area contributed by atoms with Crippen LogP contribution >= 0.6 is 0 Å². The van der Waals surface area contributed by atoms with Crippen LogP contribution in [0.1, 0.15) is 25.7 Å². The van der Waals surface area contributed by atoms with Gasteiger partial charge < -0.3 is 10.2 Å². The Morgan fingerprint density at radius 3 is 2.87 bits per heavy atom. The summed E-state index contributed by atoms with van der Waals surface area (Å²) in [5, 5.41) is 3.68. The number of nitrogens with zero attached hydrogens (tertiary/aromatic N) is 2. The quantitative estimate of drug-likeness (QED) is 0.744. The molecule has 15 heavy (non-hydrogen) atoms. The zero-order chi connectivity index (χ0) is 10.7. The molecular formula is C12H25N3. The lowest BCUT2D eigenvalue weighted by Gasteiger charge is -2.45. The highest BCUT2D eigenvalue weighted by molar-refractivity contribution is 4.92. The first-order chi connectivity index (χ1) is 7.27. The van der Waals surface area contributed by atoms with Crippen molar-refractivity contribution in [2.75, 3.05) is 40.3 Å². The number of hydrogen-bond donors (Lipinski definition) is 1. The van der Waals surface area contributed by atoms with E-state index in [-0.39, 0.29) is 0 Å². The van der Waals surface area contributed by atoms with Gasteiger partial charge in [0.25, 0.3) is 0 Å². The third kappa shape index (κ3) is 2.92. The molecule has 0 amide bonds. The smallest absolute Gasteiger partial charge is 0.0250 e. The third-order valence-corrected chi connectivity index (χ3v) is 3.84. The highest BCUT2D eigenvalue weighted by atomic mass is 15.3. The van der Waals surface area contributed by atoms with Crippen molar-refractivity contribution < 1.29 is 0 Å². The molecule has 0 radical (unpaired) electrons. The minimum absolute atomic E-state index is 0.787. The molecule has 1 saturated heterocycles. The van der Waals surface area contributed by atoms with E-state index in [1.807, 2.05) is 0 Å². The molecule has 2 atom stereocenters. The number of rotatable bonds is 3. The van der Waals surface area contributed by atoms with Crippen molar-refractivity contribution in [1.82, 2.24) is 15.1 Å². The fraction of sp³-hybridized carbons (Fsp3) is 1.00. The Hall–Kier alpha value is -0.120. The SMILES string of the molecule is CN(C)CCN1CCN[C@@H]2CCCC[C@@H]21. The number of fused-ring (bicyclic) bond motifs is 1. The van der Waals surface area contributed by atoms with Crippen LogP contribution in [0.15, 0.2) is 0 Å². The molecule has 2 aliphatic rings. The summed E-state index contributed by atoms with van der Waals surface area (Å²) >= 11 is 0. The van der Waals surface area contributed by atoms with Gasteiger partial charge >= 0.3 is 0 Å². The molecule has 2 rings (SSSR count). The molecule has 1 aliphatic carbocycles. The number of nitrogens with one attached hydrogen (secondary N) is 1. The summed E-state index contributed by atoms with van der Waals surface area (Å²) in [5.74, 6) is 0. The summed E-state index contributed by atoms with van der Waals surface area (Å²) in [7, 11) is 4.33. The van der Waals surface area contributed by atoms with Crippen molar-refractivity contribution in [3.05, 3.63) is 0 Å². The van der Waals surface area contributed by atoms with Crippen molar-refractivity contribution in [3.8, 4) is 0 Å². The second kappa shape index (κ2) is 5.28. The van der Waals surface area contributed by atoms with Gasteiger partial charge in [-0.3, -0.25) is 4.90 Å². The Kier molecular flexibility index (Phi) is 4.00. The Bertz CT molecular complexity index is 191.